The second-order valence-corrected chi connectivity index (χ2v) is 7.08. The molecule has 144 valence electrons. The Bertz CT molecular complexity index is 1020. The Kier molecular flexibility index (Phi) is 4.54. The predicted molar refractivity (Wildman–Crippen MR) is 97.4 cm³/mol. The number of benzene rings is 2. The lowest BCUT2D eigenvalue weighted by molar-refractivity contribution is -0.144. The summed E-state index contributed by atoms with van der Waals surface area (Å²) >= 11 is 1.21. The molecule has 3 aromatic rings. The topological polar surface area (TPSA) is 45.2 Å². The molecule has 1 aliphatic heterocycles. The highest BCUT2D eigenvalue weighted by Gasteiger charge is 2.41. The molecule has 0 saturated carbocycles. The van der Waals surface area contributed by atoms with Crippen molar-refractivity contribution in [1.82, 2.24) is 9.88 Å². The average molecular weight is 407 g/mol. The van der Waals surface area contributed by atoms with Gasteiger partial charge in [-0.15, -0.1) is 11.3 Å². The van der Waals surface area contributed by atoms with Gasteiger partial charge in [-0.25, -0.2) is 9.37 Å². The fourth-order valence-electron chi connectivity index (χ4n) is 3.02. The van der Waals surface area contributed by atoms with Gasteiger partial charge in [-0.1, -0.05) is 12.1 Å². The number of amides is 1. The van der Waals surface area contributed by atoms with E-state index in [0.717, 1.165) is 4.90 Å². The third-order valence-corrected chi connectivity index (χ3v) is 5.17. The number of alkyl halides is 3. The largest absolute Gasteiger partial charge is 0.406 e. The molecule has 1 aliphatic rings. The van der Waals surface area contributed by atoms with E-state index in [1.54, 1.807) is 35.7 Å². The van der Waals surface area contributed by atoms with Gasteiger partial charge in [0.25, 0.3) is 5.91 Å². The van der Waals surface area contributed by atoms with Crippen molar-refractivity contribution in [1.29, 1.82) is 0 Å². The summed E-state index contributed by atoms with van der Waals surface area (Å²) in [7, 11) is 0. The summed E-state index contributed by atoms with van der Waals surface area (Å²) in [5.41, 5.74) is 1.56. The molecule has 1 amide bonds. The molecule has 0 aliphatic carbocycles. The molecule has 0 spiro atoms. The van der Waals surface area contributed by atoms with E-state index in [1.165, 1.54) is 29.5 Å². The first-order chi connectivity index (χ1) is 13.3. The lowest BCUT2D eigenvalue weighted by Gasteiger charge is -2.37. The van der Waals surface area contributed by atoms with E-state index in [0.29, 0.717) is 16.3 Å². The van der Waals surface area contributed by atoms with Crippen LogP contribution in [-0.4, -0.2) is 28.5 Å². The van der Waals surface area contributed by atoms with Crippen LogP contribution in [0.2, 0.25) is 0 Å². The van der Waals surface area contributed by atoms with Gasteiger partial charge in [-0.2, -0.15) is 13.2 Å². The van der Waals surface area contributed by atoms with Crippen LogP contribution in [0.25, 0.3) is 10.6 Å². The van der Waals surface area contributed by atoms with Crippen LogP contribution >= 0.6 is 11.3 Å². The molecule has 9 heteroatoms. The molecule has 0 unspecified atom stereocenters. The van der Waals surface area contributed by atoms with Crippen LogP contribution in [0, 0.1) is 5.82 Å². The third kappa shape index (κ3) is 3.57. The highest BCUT2D eigenvalue weighted by molar-refractivity contribution is 7.13. The fraction of sp³-hybridized carbons (Fsp3) is 0.158. The van der Waals surface area contributed by atoms with Crippen LogP contribution in [0.4, 0.5) is 23.2 Å². The van der Waals surface area contributed by atoms with Crippen molar-refractivity contribution in [3.8, 4) is 10.6 Å². The first-order valence-corrected chi connectivity index (χ1v) is 9.14. The van der Waals surface area contributed by atoms with Gasteiger partial charge in [0.1, 0.15) is 23.5 Å². The molecule has 1 aromatic heterocycles. The SMILES string of the molecule is O=C1c2ccccc2N[C@H](c2csc(-c3ccc(F)cc3)n2)N1CC(F)(F)F. The van der Waals surface area contributed by atoms with Gasteiger partial charge >= 0.3 is 6.18 Å². The number of hydrogen-bond acceptors (Lipinski definition) is 4. The fourth-order valence-corrected chi connectivity index (χ4v) is 3.86. The number of rotatable bonds is 3. The van der Waals surface area contributed by atoms with Crippen LogP contribution in [0.15, 0.2) is 53.9 Å². The number of thiazole rings is 1. The van der Waals surface area contributed by atoms with E-state index < -0.39 is 30.6 Å². The zero-order valence-corrected chi connectivity index (χ0v) is 15.0. The van der Waals surface area contributed by atoms with Crippen LogP contribution in [0.3, 0.4) is 0 Å². The summed E-state index contributed by atoms with van der Waals surface area (Å²) in [6.45, 7) is -1.40. The average Bonchev–Trinajstić information content (AvgIpc) is 3.13. The number of aromatic nitrogens is 1. The van der Waals surface area contributed by atoms with Crippen LogP contribution < -0.4 is 5.32 Å². The molecule has 0 saturated heterocycles. The van der Waals surface area contributed by atoms with Crippen molar-refractivity contribution >= 4 is 22.9 Å². The maximum Gasteiger partial charge on any atom is 0.406 e. The minimum absolute atomic E-state index is 0.178. The normalized spacial score (nSPS) is 16.6. The molecule has 4 nitrogen and oxygen atoms in total. The third-order valence-electron chi connectivity index (χ3n) is 4.27. The predicted octanol–water partition coefficient (Wildman–Crippen LogP) is 5.08. The molecule has 0 fully saturated rings. The van der Waals surface area contributed by atoms with E-state index in [9.17, 15) is 22.4 Å². The minimum Gasteiger partial charge on any atom is -0.359 e. The van der Waals surface area contributed by atoms with E-state index >= 15 is 0 Å². The first-order valence-electron chi connectivity index (χ1n) is 8.26. The molecule has 2 heterocycles. The number of para-hydroxylation sites is 1. The Morgan fingerprint density at radius 1 is 1.11 bits per heavy atom. The van der Waals surface area contributed by atoms with Crippen molar-refractivity contribution in [2.75, 3.05) is 11.9 Å². The van der Waals surface area contributed by atoms with Gasteiger partial charge in [0.05, 0.1) is 11.3 Å². The lowest BCUT2D eigenvalue weighted by Crippen LogP contribution is -2.47. The van der Waals surface area contributed by atoms with Crippen LogP contribution in [-0.2, 0) is 0 Å². The number of fused-ring (bicyclic) bond motifs is 1. The number of halogens is 4. The molecule has 0 radical (unpaired) electrons. The molecule has 1 N–H and O–H groups in total. The first kappa shape index (κ1) is 18.4. The van der Waals surface area contributed by atoms with Crippen molar-refractivity contribution in [2.45, 2.75) is 12.3 Å². The van der Waals surface area contributed by atoms with Gasteiger partial charge in [0.2, 0.25) is 0 Å². The van der Waals surface area contributed by atoms with Gasteiger partial charge in [-0.05, 0) is 36.4 Å². The van der Waals surface area contributed by atoms with Crippen molar-refractivity contribution in [3.63, 3.8) is 0 Å². The minimum atomic E-state index is -4.56. The molecule has 0 bridgehead atoms. The van der Waals surface area contributed by atoms with E-state index in [4.69, 9.17) is 0 Å². The highest BCUT2D eigenvalue weighted by Crippen LogP contribution is 2.36. The maximum absolute atomic E-state index is 13.1. The Morgan fingerprint density at radius 2 is 1.82 bits per heavy atom. The smallest absolute Gasteiger partial charge is 0.359 e. The number of anilines is 1. The molecule has 1 atom stereocenters. The van der Waals surface area contributed by atoms with Crippen molar-refractivity contribution in [3.05, 3.63) is 71.0 Å². The van der Waals surface area contributed by atoms with Crippen molar-refractivity contribution in [2.24, 2.45) is 0 Å². The van der Waals surface area contributed by atoms with E-state index in [2.05, 4.69) is 10.3 Å². The molecule has 4 rings (SSSR count). The summed E-state index contributed by atoms with van der Waals surface area (Å²) in [4.78, 5) is 17.8. The molecular weight excluding hydrogens is 394 g/mol. The number of nitrogens with one attached hydrogen (secondary N) is 1. The Labute approximate surface area is 161 Å². The van der Waals surface area contributed by atoms with Gasteiger partial charge in [0, 0.05) is 16.6 Å². The van der Waals surface area contributed by atoms with Crippen LogP contribution in [0.1, 0.15) is 22.2 Å². The van der Waals surface area contributed by atoms with E-state index in [1.807, 2.05) is 0 Å². The quantitative estimate of drug-likeness (QED) is 0.616. The van der Waals surface area contributed by atoms with Crippen LogP contribution in [0.5, 0.6) is 0 Å². The summed E-state index contributed by atoms with van der Waals surface area (Å²) < 4.78 is 52.4. The Balaban J connectivity index is 1.72. The lowest BCUT2D eigenvalue weighted by atomic mass is 10.1. The summed E-state index contributed by atoms with van der Waals surface area (Å²) in [5, 5.41) is 5.10. The summed E-state index contributed by atoms with van der Waals surface area (Å²) in [6.07, 6.45) is -5.62. The summed E-state index contributed by atoms with van der Waals surface area (Å²) in [6, 6.07) is 12.1. The zero-order valence-electron chi connectivity index (χ0n) is 14.2. The number of hydrogen-bond donors (Lipinski definition) is 1. The van der Waals surface area contributed by atoms with Crippen molar-refractivity contribution < 1.29 is 22.4 Å². The monoisotopic (exact) mass is 407 g/mol. The second kappa shape index (κ2) is 6.90. The van der Waals surface area contributed by atoms with E-state index in [-0.39, 0.29) is 11.3 Å². The van der Waals surface area contributed by atoms with Gasteiger partial charge < -0.3 is 10.2 Å². The number of nitrogens with zero attached hydrogens (tertiary/aromatic N) is 2. The molecule has 28 heavy (non-hydrogen) atoms. The second-order valence-electron chi connectivity index (χ2n) is 6.23. The maximum atomic E-state index is 13.1. The standard InChI is InChI=1S/C19H13F4N3OS/c20-12-7-5-11(6-8-12)17-25-15(9-28-17)16-24-14-4-2-1-3-13(14)18(27)26(16)10-19(21,22)23/h1-9,16,24H,10H2/t16-/m0/s1. The molecular formula is C19H13F4N3OS. The zero-order chi connectivity index (χ0) is 19.9. The Hall–Kier alpha value is -2.94. The number of carbonyl (C=O) groups excluding carboxylic acids is 1. The highest BCUT2D eigenvalue weighted by atomic mass is 32.1. The number of carbonyl (C=O) groups is 1. The Morgan fingerprint density at radius 3 is 2.54 bits per heavy atom. The summed E-state index contributed by atoms with van der Waals surface area (Å²) in [5.74, 6) is -1.11. The van der Waals surface area contributed by atoms with Gasteiger partial charge in [-0.3, -0.25) is 4.79 Å². The van der Waals surface area contributed by atoms with Gasteiger partial charge in [0.15, 0.2) is 0 Å². The molecule has 2 aromatic carbocycles.